The third kappa shape index (κ3) is 8.18. The normalized spacial score (nSPS) is 28.1. The van der Waals surface area contributed by atoms with E-state index in [9.17, 15) is 4.79 Å². The highest BCUT2D eigenvalue weighted by Gasteiger charge is 2.08. The molecule has 1 atom stereocenters. The molecule has 0 aromatic heterocycles. The summed E-state index contributed by atoms with van der Waals surface area (Å²) >= 11 is 0. The number of ketones is 1. The molecule has 98 valence electrons. The van der Waals surface area contributed by atoms with Gasteiger partial charge in [-0.1, -0.05) is 44.8 Å². The highest BCUT2D eigenvalue weighted by Crippen LogP contribution is 2.16. The topological polar surface area (TPSA) is 17.1 Å². The van der Waals surface area contributed by atoms with Gasteiger partial charge in [0.05, 0.1) is 0 Å². The molecule has 0 fully saturated rings. The Morgan fingerprint density at radius 1 is 0.941 bits per heavy atom. The van der Waals surface area contributed by atoms with Gasteiger partial charge in [-0.05, 0) is 38.0 Å². The summed E-state index contributed by atoms with van der Waals surface area (Å²) in [6.45, 7) is 2.21. The van der Waals surface area contributed by atoms with E-state index in [0.29, 0.717) is 11.7 Å². The van der Waals surface area contributed by atoms with Crippen LogP contribution in [0.15, 0.2) is 12.2 Å². The molecule has 17 heavy (non-hydrogen) atoms. The summed E-state index contributed by atoms with van der Waals surface area (Å²) in [5.74, 6) is 1.05. The van der Waals surface area contributed by atoms with Crippen LogP contribution in [-0.4, -0.2) is 5.78 Å². The maximum Gasteiger partial charge on any atom is 0.133 e. The van der Waals surface area contributed by atoms with Crippen molar-refractivity contribution >= 4 is 5.78 Å². The molecular formula is C16H28O. The first-order valence-electron chi connectivity index (χ1n) is 7.45. The molecule has 1 heteroatoms. The maximum atomic E-state index is 11.7. The standard InChI is InChI=1S/C16H28O/c1-15-12-10-8-6-4-2-3-5-7-9-11-13-16(17)14-15/h6,8,15H,2-5,7,9-14H2,1H3/b8-6+/t15-/m1/s1. The van der Waals surface area contributed by atoms with Gasteiger partial charge in [0.15, 0.2) is 0 Å². The predicted molar refractivity (Wildman–Crippen MR) is 74.1 cm³/mol. The Morgan fingerprint density at radius 2 is 1.59 bits per heavy atom. The third-order valence-electron chi connectivity index (χ3n) is 3.65. The van der Waals surface area contributed by atoms with Crippen LogP contribution in [0.4, 0.5) is 0 Å². The zero-order valence-electron chi connectivity index (χ0n) is 11.4. The van der Waals surface area contributed by atoms with Crippen LogP contribution in [0.1, 0.15) is 77.6 Å². The summed E-state index contributed by atoms with van der Waals surface area (Å²) in [6, 6.07) is 0. The van der Waals surface area contributed by atoms with E-state index in [4.69, 9.17) is 0 Å². The summed E-state index contributed by atoms with van der Waals surface area (Å²) in [4.78, 5) is 11.7. The number of carbonyl (C=O) groups excluding carboxylic acids is 1. The largest absolute Gasteiger partial charge is 0.300 e. The summed E-state index contributed by atoms with van der Waals surface area (Å²) in [6.07, 6.45) is 17.5. The summed E-state index contributed by atoms with van der Waals surface area (Å²) in [5, 5.41) is 0. The number of hydrogen-bond donors (Lipinski definition) is 0. The summed E-state index contributed by atoms with van der Waals surface area (Å²) in [5.41, 5.74) is 0. The highest BCUT2D eigenvalue weighted by atomic mass is 16.1. The summed E-state index contributed by atoms with van der Waals surface area (Å²) in [7, 11) is 0. The van der Waals surface area contributed by atoms with E-state index in [0.717, 1.165) is 25.7 Å². The van der Waals surface area contributed by atoms with Crippen molar-refractivity contribution in [1.82, 2.24) is 0 Å². The van der Waals surface area contributed by atoms with Crippen molar-refractivity contribution in [3.63, 3.8) is 0 Å². The molecule has 1 rings (SSSR count). The number of Topliss-reactive ketones (excluding diaryl/α,β-unsaturated/α-hetero) is 1. The lowest BCUT2D eigenvalue weighted by atomic mass is 9.96. The van der Waals surface area contributed by atoms with E-state index in [1.54, 1.807) is 0 Å². The Morgan fingerprint density at radius 3 is 2.41 bits per heavy atom. The number of carbonyl (C=O) groups is 1. The fraction of sp³-hybridized carbons (Fsp3) is 0.812. The minimum atomic E-state index is 0.483. The van der Waals surface area contributed by atoms with Gasteiger partial charge in [0.2, 0.25) is 0 Å². The second-order valence-corrected chi connectivity index (χ2v) is 5.56. The molecule has 1 aliphatic carbocycles. The number of hydrogen-bond acceptors (Lipinski definition) is 1. The van der Waals surface area contributed by atoms with Crippen molar-refractivity contribution < 1.29 is 4.79 Å². The van der Waals surface area contributed by atoms with Gasteiger partial charge in [-0.3, -0.25) is 4.79 Å². The van der Waals surface area contributed by atoms with Gasteiger partial charge in [0.25, 0.3) is 0 Å². The Labute approximate surface area is 107 Å². The zero-order valence-corrected chi connectivity index (χ0v) is 11.4. The SMILES string of the molecule is C[C@@H]1CC/C=C/CCCCCCCCC(=O)C1. The summed E-state index contributed by atoms with van der Waals surface area (Å²) < 4.78 is 0. The molecule has 0 heterocycles. The van der Waals surface area contributed by atoms with Crippen LogP contribution < -0.4 is 0 Å². The Bertz CT molecular complexity index is 230. The molecule has 0 aromatic carbocycles. The lowest BCUT2D eigenvalue weighted by molar-refractivity contribution is -0.120. The van der Waals surface area contributed by atoms with Crippen molar-refractivity contribution in [2.24, 2.45) is 5.92 Å². The van der Waals surface area contributed by atoms with Crippen LogP contribution in [0.3, 0.4) is 0 Å². The van der Waals surface area contributed by atoms with Crippen molar-refractivity contribution in [3.05, 3.63) is 12.2 Å². The first-order chi connectivity index (χ1) is 8.29. The fourth-order valence-electron chi connectivity index (χ4n) is 2.50. The van der Waals surface area contributed by atoms with Gasteiger partial charge in [-0.15, -0.1) is 0 Å². The average molecular weight is 236 g/mol. The van der Waals surface area contributed by atoms with Gasteiger partial charge in [-0.2, -0.15) is 0 Å². The van der Waals surface area contributed by atoms with Crippen LogP contribution in [0, 0.1) is 5.92 Å². The van der Waals surface area contributed by atoms with Crippen molar-refractivity contribution in [2.75, 3.05) is 0 Å². The first-order valence-corrected chi connectivity index (χ1v) is 7.45. The highest BCUT2D eigenvalue weighted by molar-refractivity contribution is 5.78. The quantitative estimate of drug-likeness (QED) is 0.538. The van der Waals surface area contributed by atoms with Crippen molar-refractivity contribution in [1.29, 1.82) is 0 Å². The molecule has 0 aliphatic heterocycles. The second-order valence-electron chi connectivity index (χ2n) is 5.56. The smallest absolute Gasteiger partial charge is 0.133 e. The van der Waals surface area contributed by atoms with Crippen LogP contribution >= 0.6 is 0 Å². The zero-order chi connectivity index (χ0) is 12.3. The molecule has 1 aliphatic rings. The first kappa shape index (κ1) is 14.5. The maximum absolute atomic E-state index is 11.7. The Balaban J connectivity index is 2.30. The Kier molecular flexibility index (Phi) is 8.04. The predicted octanol–water partition coefficient (Wildman–Crippen LogP) is 5.05. The van der Waals surface area contributed by atoms with Gasteiger partial charge in [0, 0.05) is 12.8 Å². The molecule has 0 bridgehead atoms. The Hall–Kier alpha value is -0.590. The van der Waals surface area contributed by atoms with E-state index < -0.39 is 0 Å². The molecule has 0 saturated carbocycles. The number of allylic oxidation sites excluding steroid dienone is 2. The molecule has 0 unspecified atom stereocenters. The molecular weight excluding hydrogens is 208 g/mol. The van der Waals surface area contributed by atoms with Crippen LogP contribution in [0.2, 0.25) is 0 Å². The third-order valence-corrected chi connectivity index (χ3v) is 3.65. The van der Waals surface area contributed by atoms with Crippen molar-refractivity contribution in [2.45, 2.75) is 77.6 Å². The molecule has 0 saturated heterocycles. The van der Waals surface area contributed by atoms with Crippen molar-refractivity contribution in [3.8, 4) is 0 Å². The number of rotatable bonds is 0. The van der Waals surface area contributed by atoms with Gasteiger partial charge in [-0.25, -0.2) is 0 Å². The van der Waals surface area contributed by atoms with Gasteiger partial charge < -0.3 is 0 Å². The van der Waals surface area contributed by atoms with Gasteiger partial charge in [0.1, 0.15) is 5.78 Å². The monoisotopic (exact) mass is 236 g/mol. The molecule has 0 radical (unpaired) electrons. The fourth-order valence-corrected chi connectivity index (χ4v) is 2.50. The van der Waals surface area contributed by atoms with E-state index in [-0.39, 0.29) is 0 Å². The van der Waals surface area contributed by atoms with E-state index in [2.05, 4.69) is 19.1 Å². The van der Waals surface area contributed by atoms with Gasteiger partial charge >= 0.3 is 0 Å². The average Bonchev–Trinajstić information content (AvgIpc) is 2.30. The second kappa shape index (κ2) is 9.44. The molecule has 0 aromatic rings. The molecule has 1 nitrogen and oxygen atoms in total. The minimum Gasteiger partial charge on any atom is -0.300 e. The lowest BCUT2D eigenvalue weighted by Crippen LogP contribution is -2.05. The lowest BCUT2D eigenvalue weighted by Gasteiger charge is -2.08. The molecule has 0 N–H and O–H groups in total. The van der Waals surface area contributed by atoms with E-state index in [1.807, 2.05) is 0 Å². The van der Waals surface area contributed by atoms with E-state index in [1.165, 1.54) is 44.9 Å². The van der Waals surface area contributed by atoms with Crippen LogP contribution in [-0.2, 0) is 4.79 Å². The minimum absolute atomic E-state index is 0.483. The molecule has 0 amide bonds. The molecule has 0 spiro atoms. The van der Waals surface area contributed by atoms with Crippen LogP contribution in [0.25, 0.3) is 0 Å². The van der Waals surface area contributed by atoms with E-state index >= 15 is 0 Å². The van der Waals surface area contributed by atoms with Crippen LogP contribution in [0.5, 0.6) is 0 Å².